The standard InChI is InChI=1S/C34H26O3P/c1-24(33(35)31-23-30-29-20-12-11-13-25(29)21-22-32(30)37-34(31)36)38(26-14-5-2-6-15-26,27-16-7-3-8-17-27)28-18-9-4-10-19-28/h2-24H,1H3/q+1. The van der Waals surface area contributed by atoms with Gasteiger partial charge in [-0.05, 0) is 66.2 Å². The summed E-state index contributed by atoms with van der Waals surface area (Å²) in [4.78, 5) is 27.8. The zero-order chi connectivity index (χ0) is 26.1. The highest BCUT2D eigenvalue weighted by Crippen LogP contribution is 2.60. The van der Waals surface area contributed by atoms with Crippen molar-refractivity contribution in [1.82, 2.24) is 0 Å². The van der Waals surface area contributed by atoms with Gasteiger partial charge in [0.05, 0.1) is 0 Å². The summed E-state index contributed by atoms with van der Waals surface area (Å²) in [6.07, 6.45) is 0. The minimum absolute atomic E-state index is 0.0912. The SMILES string of the molecule is CC(C(=O)c1cc2c(ccc3ccccc32)oc1=O)[P+](c1ccccc1)(c1ccccc1)c1ccccc1. The van der Waals surface area contributed by atoms with Gasteiger partial charge in [0, 0.05) is 5.39 Å². The predicted molar refractivity (Wildman–Crippen MR) is 159 cm³/mol. The number of ketones is 1. The van der Waals surface area contributed by atoms with Crippen LogP contribution < -0.4 is 21.5 Å². The zero-order valence-corrected chi connectivity index (χ0v) is 21.8. The monoisotopic (exact) mass is 513 g/mol. The fourth-order valence-electron chi connectivity index (χ4n) is 5.55. The van der Waals surface area contributed by atoms with Crippen LogP contribution >= 0.6 is 7.26 Å². The fraction of sp³-hybridized carbons (Fsp3) is 0.0588. The molecule has 0 bridgehead atoms. The van der Waals surface area contributed by atoms with Crippen molar-refractivity contribution in [3.8, 4) is 0 Å². The van der Waals surface area contributed by atoms with Crippen molar-refractivity contribution in [1.29, 1.82) is 0 Å². The maximum absolute atomic E-state index is 14.5. The number of Topliss-reactive ketones (excluding diaryl/α,β-unsaturated/α-hetero) is 1. The Morgan fingerprint density at radius 3 is 1.68 bits per heavy atom. The van der Waals surface area contributed by atoms with Crippen molar-refractivity contribution < 1.29 is 9.21 Å². The molecule has 0 aliphatic carbocycles. The van der Waals surface area contributed by atoms with Crippen LogP contribution in [0, 0.1) is 0 Å². The largest absolute Gasteiger partial charge is 0.422 e. The van der Waals surface area contributed by atoms with Crippen molar-refractivity contribution in [3.05, 3.63) is 149 Å². The molecule has 1 atom stereocenters. The van der Waals surface area contributed by atoms with E-state index in [2.05, 4.69) is 36.4 Å². The van der Waals surface area contributed by atoms with E-state index in [1.54, 1.807) is 12.1 Å². The Balaban J connectivity index is 1.62. The number of hydrogen-bond acceptors (Lipinski definition) is 3. The molecule has 6 rings (SSSR count). The molecule has 0 amide bonds. The van der Waals surface area contributed by atoms with Crippen LogP contribution in [-0.4, -0.2) is 11.4 Å². The number of fused-ring (bicyclic) bond motifs is 3. The van der Waals surface area contributed by atoms with Crippen LogP contribution in [0.4, 0.5) is 0 Å². The van der Waals surface area contributed by atoms with Gasteiger partial charge in [0.25, 0.3) is 0 Å². The van der Waals surface area contributed by atoms with Gasteiger partial charge >= 0.3 is 5.63 Å². The Morgan fingerprint density at radius 1 is 0.632 bits per heavy atom. The van der Waals surface area contributed by atoms with E-state index in [1.165, 1.54) is 0 Å². The van der Waals surface area contributed by atoms with Gasteiger partial charge in [-0.15, -0.1) is 0 Å². The quantitative estimate of drug-likeness (QED) is 0.110. The first-order valence-corrected chi connectivity index (χ1v) is 14.5. The molecule has 1 aromatic heterocycles. The molecule has 0 radical (unpaired) electrons. The molecule has 3 nitrogen and oxygen atoms in total. The van der Waals surface area contributed by atoms with E-state index in [-0.39, 0.29) is 11.3 Å². The lowest BCUT2D eigenvalue weighted by Crippen LogP contribution is -2.42. The van der Waals surface area contributed by atoms with E-state index < -0.39 is 18.5 Å². The van der Waals surface area contributed by atoms with Gasteiger partial charge in [-0.3, -0.25) is 4.79 Å². The average molecular weight is 514 g/mol. The highest BCUT2D eigenvalue weighted by atomic mass is 31.2. The fourth-order valence-corrected chi connectivity index (χ4v) is 10.2. The lowest BCUT2D eigenvalue weighted by Gasteiger charge is -2.32. The second kappa shape index (κ2) is 9.85. The lowest BCUT2D eigenvalue weighted by molar-refractivity contribution is 0.0989. The summed E-state index contributed by atoms with van der Waals surface area (Å²) in [6, 6.07) is 44.1. The second-order valence-electron chi connectivity index (χ2n) is 9.42. The summed E-state index contributed by atoms with van der Waals surface area (Å²) in [6.45, 7) is 1.97. The minimum atomic E-state index is -2.52. The molecule has 0 spiro atoms. The van der Waals surface area contributed by atoms with Crippen molar-refractivity contribution >= 4 is 50.7 Å². The van der Waals surface area contributed by atoms with Gasteiger partial charge in [-0.25, -0.2) is 4.79 Å². The van der Waals surface area contributed by atoms with E-state index in [9.17, 15) is 9.59 Å². The van der Waals surface area contributed by atoms with E-state index in [1.807, 2.05) is 91.9 Å². The molecule has 0 aliphatic rings. The zero-order valence-electron chi connectivity index (χ0n) is 21.0. The normalized spacial score (nSPS) is 12.4. The third-order valence-electron chi connectivity index (χ3n) is 7.36. The van der Waals surface area contributed by atoms with Crippen LogP contribution in [0.3, 0.4) is 0 Å². The molecule has 0 saturated carbocycles. The van der Waals surface area contributed by atoms with Gasteiger partial charge in [0.1, 0.15) is 40.0 Å². The van der Waals surface area contributed by atoms with Crippen LogP contribution in [0.15, 0.2) is 143 Å². The smallest absolute Gasteiger partial charge is 0.347 e. The maximum Gasteiger partial charge on any atom is 0.347 e. The Bertz CT molecular complexity index is 1710. The number of hydrogen-bond donors (Lipinski definition) is 0. The molecule has 0 N–H and O–H groups in total. The van der Waals surface area contributed by atoms with Crippen LogP contribution in [0.25, 0.3) is 21.7 Å². The van der Waals surface area contributed by atoms with Crippen molar-refractivity contribution in [3.63, 3.8) is 0 Å². The molecule has 4 heteroatoms. The Kier molecular flexibility index (Phi) is 6.23. The molecular formula is C34H26O3P+. The van der Waals surface area contributed by atoms with Gasteiger partial charge < -0.3 is 4.42 Å². The summed E-state index contributed by atoms with van der Waals surface area (Å²) in [5, 5.41) is 6.02. The number of carbonyl (C=O) groups excluding carboxylic acids is 1. The van der Waals surface area contributed by atoms with Crippen molar-refractivity contribution in [2.24, 2.45) is 0 Å². The minimum Gasteiger partial charge on any atom is -0.422 e. The van der Waals surface area contributed by atoms with Gasteiger partial charge in [0.2, 0.25) is 5.78 Å². The third-order valence-corrected chi connectivity index (χ3v) is 12.1. The van der Waals surface area contributed by atoms with E-state index >= 15 is 0 Å². The van der Waals surface area contributed by atoms with Crippen LogP contribution in [0.1, 0.15) is 17.3 Å². The lowest BCUT2D eigenvalue weighted by atomic mass is 10.0. The highest BCUT2D eigenvalue weighted by Gasteiger charge is 2.53. The molecular weight excluding hydrogens is 487 g/mol. The molecule has 0 saturated heterocycles. The molecule has 6 aromatic rings. The van der Waals surface area contributed by atoms with Gasteiger partial charge in [0.15, 0.2) is 0 Å². The van der Waals surface area contributed by atoms with Crippen LogP contribution in [0.5, 0.6) is 0 Å². The molecule has 38 heavy (non-hydrogen) atoms. The first-order valence-electron chi connectivity index (χ1n) is 12.7. The van der Waals surface area contributed by atoms with E-state index in [4.69, 9.17) is 4.42 Å². The number of carbonyl (C=O) groups is 1. The first kappa shape index (κ1) is 24.0. The molecule has 0 aliphatic heterocycles. The van der Waals surface area contributed by atoms with Crippen molar-refractivity contribution in [2.75, 3.05) is 0 Å². The summed E-state index contributed by atoms with van der Waals surface area (Å²) in [7, 11) is -2.52. The number of rotatable bonds is 6. The molecule has 5 aromatic carbocycles. The summed E-state index contributed by atoms with van der Waals surface area (Å²) in [5.74, 6) is -0.210. The summed E-state index contributed by atoms with van der Waals surface area (Å²) >= 11 is 0. The van der Waals surface area contributed by atoms with Crippen LogP contribution in [0.2, 0.25) is 0 Å². The second-order valence-corrected chi connectivity index (χ2v) is 13.2. The maximum atomic E-state index is 14.5. The number of benzene rings is 5. The Hall–Kier alpha value is -4.33. The summed E-state index contributed by atoms with van der Waals surface area (Å²) in [5.41, 5.74) is -0.538. The molecule has 1 heterocycles. The van der Waals surface area contributed by atoms with E-state index in [0.29, 0.717) is 5.58 Å². The topological polar surface area (TPSA) is 47.3 Å². The van der Waals surface area contributed by atoms with Crippen LogP contribution in [-0.2, 0) is 0 Å². The van der Waals surface area contributed by atoms with Gasteiger partial charge in [-0.1, -0.05) is 84.9 Å². The Morgan fingerprint density at radius 2 is 1.13 bits per heavy atom. The Labute approximate surface area is 221 Å². The molecule has 1 unspecified atom stereocenters. The predicted octanol–water partition coefficient (Wildman–Crippen LogP) is 6.51. The van der Waals surface area contributed by atoms with Crippen molar-refractivity contribution in [2.45, 2.75) is 12.6 Å². The highest BCUT2D eigenvalue weighted by molar-refractivity contribution is 7.96. The molecule has 0 fully saturated rings. The van der Waals surface area contributed by atoms with Gasteiger partial charge in [-0.2, -0.15) is 0 Å². The average Bonchev–Trinajstić information content (AvgIpc) is 2.98. The third kappa shape index (κ3) is 3.88. The summed E-state index contributed by atoms with van der Waals surface area (Å²) < 4.78 is 5.74. The van der Waals surface area contributed by atoms with E-state index in [0.717, 1.165) is 32.1 Å². The first-order chi connectivity index (χ1) is 18.6. The molecule has 184 valence electrons.